The maximum Gasteiger partial charge on any atom is 0.238 e. The van der Waals surface area contributed by atoms with Crippen molar-refractivity contribution in [2.75, 3.05) is 25.5 Å². The van der Waals surface area contributed by atoms with Gasteiger partial charge in [0.2, 0.25) is 11.8 Å². The highest BCUT2D eigenvalue weighted by molar-refractivity contribution is 6.33. The minimum absolute atomic E-state index is 0.0772. The fourth-order valence-electron chi connectivity index (χ4n) is 2.19. The van der Waals surface area contributed by atoms with E-state index in [0.717, 1.165) is 0 Å². The minimum Gasteiger partial charge on any atom is -0.467 e. The smallest absolute Gasteiger partial charge is 0.238 e. The molecule has 2 amide bonds. The number of rotatable bonds is 7. The summed E-state index contributed by atoms with van der Waals surface area (Å²) in [6.45, 7) is 2.01. The molecule has 0 radical (unpaired) electrons. The molecule has 1 aromatic heterocycles. The van der Waals surface area contributed by atoms with Crippen LogP contribution in [-0.2, 0) is 9.59 Å². The van der Waals surface area contributed by atoms with Crippen molar-refractivity contribution >= 4 is 29.1 Å². The van der Waals surface area contributed by atoms with Crippen LogP contribution in [0.1, 0.15) is 18.7 Å². The predicted molar refractivity (Wildman–Crippen MR) is 92.8 cm³/mol. The van der Waals surface area contributed by atoms with Crippen LogP contribution in [0, 0.1) is 0 Å². The molecule has 2 N–H and O–H groups in total. The van der Waals surface area contributed by atoms with E-state index < -0.39 is 0 Å². The molecule has 2 rings (SSSR count). The third-order valence-electron chi connectivity index (χ3n) is 3.32. The Bertz CT molecular complexity index is 688. The Morgan fingerprint density at radius 2 is 1.88 bits per heavy atom. The number of likely N-dealkylation sites (N-methyl/N-ethyl adjacent to an activating group) is 1. The lowest BCUT2D eigenvalue weighted by Gasteiger charge is -2.18. The van der Waals surface area contributed by atoms with Gasteiger partial charge >= 0.3 is 0 Å². The summed E-state index contributed by atoms with van der Waals surface area (Å²) in [6.07, 6.45) is 1.56. The van der Waals surface area contributed by atoms with Crippen LogP contribution >= 0.6 is 11.6 Å². The van der Waals surface area contributed by atoms with E-state index in [-0.39, 0.29) is 30.9 Å². The van der Waals surface area contributed by atoms with Crippen molar-refractivity contribution in [1.82, 2.24) is 10.2 Å². The molecule has 128 valence electrons. The Labute approximate surface area is 145 Å². The van der Waals surface area contributed by atoms with Gasteiger partial charge in [0.1, 0.15) is 5.76 Å². The number of hydrogen-bond donors (Lipinski definition) is 2. The number of para-hydroxylation sites is 1. The lowest BCUT2D eigenvalue weighted by Crippen LogP contribution is -2.39. The van der Waals surface area contributed by atoms with Crippen LogP contribution in [0.25, 0.3) is 0 Å². The van der Waals surface area contributed by atoms with E-state index in [1.165, 1.54) is 0 Å². The molecule has 0 bridgehead atoms. The number of nitrogens with one attached hydrogen (secondary N) is 2. The Morgan fingerprint density at radius 1 is 1.17 bits per heavy atom. The number of anilines is 1. The summed E-state index contributed by atoms with van der Waals surface area (Å²) in [5.41, 5.74) is 0.549. The summed E-state index contributed by atoms with van der Waals surface area (Å²) < 4.78 is 5.24. The van der Waals surface area contributed by atoms with Gasteiger partial charge in [-0.25, -0.2) is 0 Å². The van der Waals surface area contributed by atoms with Gasteiger partial charge < -0.3 is 15.1 Å². The zero-order chi connectivity index (χ0) is 17.5. The predicted octanol–water partition coefficient (Wildman–Crippen LogP) is 2.68. The third-order valence-corrected chi connectivity index (χ3v) is 3.65. The van der Waals surface area contributed by atoms with Gasteiger partial charge in [-0.15, -0.1) is 0 Å². The highest BCUT2D eigenvalue weighted by Gasteiger charge is 2.15. The Morgan fingerprint density at radius 3 is 2.54 bits per heavy atom. The number of benzene rings is 1. The molecule has 24 heavy (non-hydrogen) atoms. The van der Waals surface area contributed by atoms with E-state index in [1.54, 1.807) is 54.6 Å². The summed E-state index contributed by atoms with van der Waals surface area (Å²) >= 11 is 5.99. The average molecular weight is 350 g/mol. The Balaban J connectivity index is 1.77. The first-order valence-electron chi connectivity index (χ1n) is 7.51. The van der Waals surface area contributed by atoms with Gasteiger partial charge in [-0.2, -0.15) is 0 Å². The van der Waals surface area contributed by atoms with Crippen molar-refractivity contribution in [1.29, 1.82) is 0 Å². The normalized spacial score (nSPS) is 12.0. The fourth-order valence-corrected chi connectivity index (χ4v) is 2.38. The first-order valence-corrected chi connectivity index (χ1v) is 7.89. The van der Waals surface area contributed by atoms with E-state index >= 15 is 0 Å². The van der Waals surface area contributed by atoms with E-state index in [9.17, 15) is 9.59 Å². The van der Waals surface area contributed by atoms with Crippen LogP contribution in [-0.4, -0.2) is 36.9 Å². The number of halogens is 1. The van der Waals surface area contributed by atoms with Crippen molar-refractivity contribution in [3.05, 3.63) is 53.4 Å². The lowest BCUT2D eigenvalue weighted by molar-refractivity contribution is -0.123. The molecule has 1 aromatic carbocycles. The molecule has 0 aliphatic rings. The first kappa shape index (κ1) is 18.0. The second kappa shape index (κ2) is 8.52. The van der Waals surface area contributed by atoms with Crippen molar-refractivity contribution in [3.63, 3.8) is 0 Å². The van der Waals surface area contributed by atoms with E-state index in [2.05, 4.69) is 10.6 Å². The summed E-state index contributed by atoms with van der Waals surface area (Å²) in [6, 6.07) is 10.3. The molecule has 0 spiro atoms. The summed E-state index contributed by atoms with van der Waals surface area (Å²) in [4.78, 5) is 25.6. The molecular formula is C17H20ClN3O3. The van der Waals surface area contributed by atoms with Gasteiger partial charge in [0.15, 0.2) is 0 Å². The van der Waals surface area contributed by atoms with Crippen molar-refractivity contribution in [2.45, 2.75) is 13.0 Å². The number of amides is 2. The molecule has 0 aliphatic carbocycles. The summed E-state index contributed by atoms with van der Waals surface area (Å²) in [5.74, 6) is 0.256. The second-order valence-corrected chi connectivity index (χ2v) is 5.91. The molecule has 6 nitrogen and oxygen atoms in total. The lowest BCUT2D eigenvalue weighted by atomic mass is 10.2. The average Bonchev–Trinajstić information content (AvgIpc) is 3.03. The zero-order valence-corrected chi connectivity index (χ0v) is 14.3. The topological polar surface area (TPSA) is 74.6 Å². The molecule has 0 fully saturated rings. The maximum absolute atomic E-state index is 12.0. The Kier molecular flexibility index (Phi) is 6.40. The first-order chi connectivity index (χ1) is 11.5. The molecular weight excluding hydrogens is 330 g/mol. The van der Waals surface area contributed by atoms with Crippen LogP contribution in [0.3, 0.4) is 0 Å². The van der Waals surface area contributed by atoms with Crippen LogP contribution in [0.4, 0.5) is 5.69 Å². The maximum atomic E-state index is 12.0. The van der Waals surface area contributed by atoms with Crippen molar-refractivity contribution in [3.8, 4) is 0 Å². The van der Waals surface area contributed by atoms with Gasteiger partial charge in [0, 0.05) is 0 Å². The van der Waals surface area contributed by atoms with Crippen LogP contribution in [0.5, 0.6) is 0 Å². The highest BCUT2D eigenvalue weighted by atomic mass is 35.5. The fraction of sp³-hybridized carbons (Fsp3) is 0.294. The molecule has 7 heteroatoms. The van der Waals surface area contributed by atoms with Gasteiger partial charge in [-0.05, 0) is 38.2 Å². The van der Waals surface area contributed by atoms with Gasteiger partial charge in [-0.3, -0.25) is 14.5 Å². The monoisotopic (exact) mass is 349 g/mol. The second-order valence-electron chi connectivity index (χ2n) is 5.50. The van der Waals surface area contributed by atoms with Gasteiger partial charge in [0.05, 0.1) is 36.1 Å². The quantitative estimate of drug-likeness (QED) is 0.806. The zero-order valence-electron chi connectivity index (χ0n) is 13.6. The largest absolute Gasteiger partial charge is 0.467 e. The molecule has 0 saturated heterocycles. The number of carbonyl (C=O) groups excluding carboxylic acids is 2. The van der Waals surface area contributed by atoms with Crippen LogP contribution < -0.4 is 10.6 Å². The molecule has 0 saturated carbocycles. The molecule has 1 atom stereocenters. The highest BCUT2D eigenvalue weighted by Crippen LogP contribution is 2.20. The molecule has 1 heterocycles. The van der Waals surface area contributed by atoms with Crippen molar-refractivity contribution in [2.24, 2.45) is 0 Å². The Hall–Kier alpha value is -2.31. The van der Waals surface area contributed by atoms with Crippen LogP contribution in [0.15, 0.2) is 47.1 Å². The van der Waals surface area contributed by atoms with E-state index in [1.807, 2.05) is 6.92 Å². The van der Waals surface area contributed by atoms with E-state index in [4.69, 9.17) is 16.0 Å². The SMILES string of the molecule is CC(NC(=O)CN(C)CC(=O)Nc1ccccc1Cl)c1ccco1. The van der Waals surface area contributed by atoms with Crippen molar-refractivity contribution < 1.29 is 14.0 Å². The molecule has 2 aromatic rings. The summed E-state index contributed by atoms with van der Waals surface area (Å²) in [5, 5.41) is 6.01. The number of nitrogens with zero attached hydrogens (tertiary/aromatic N) is 1. The van der Waals surface area contributed by atoms with Gasteiger partial charge in [-0.1, -0.05) is 23.7 Å². The number of hydrogen-bond acceptors (Lipinski definition) is 4. The standard InChI is InChI=1S/C17H20ClN3O3/c1-12(15-8-5-9-24-15)19-16(22)10-21(2)11-17(23)20-14-7-4-3-6-13(14)18/h3-9,12H,10-11H2,1-2H3,(H,19,22)(H,20,23). The number of carbonyl (C=O) groups is 2. The van der Waals surface area contributed by atoms with Gasteiger partial charge in [0.25, 0.3) is 0 Å². The molecule has 0 aliphatic heterocycles. The molecule has 1 unspecified atom stereocenters. The van der Waals surface area contributed by atoms with E-state index in [0.29, 0.717) is 16.5 Å². The summed E-state index contributed by atoms with van der Waals surface area (Å²) in [7, 11) is 1.70. The third kappa shape index (κ3) is 5.40. The minimum atomic E-state index is -0.238. The van der Waals surface area contributed by atoms with Crippen LogP contribution in [0.2, 0.25) is 5.02 Å². The number of furan rings is 1.